The summed E-state index contributed by atoms with van der Waals surface area (Å²) in [5, 5.41) is 0.993. The molecule has 3 aromatic heterocycles. The van der Waals surface area contributed by atoms with Gasteiger partial charge in [-0.2, -0.15) is 0 Å². The Hall–Kier alpha value is -2.33. The van der Waals surface area contributed by atoms with Crippen LogP contribution >= 0.6 is 0 Å². The first-order valence-electron chi connectivity index (χ1n) is 6.17. The van der Waals surface area contributed by atoms with Gasteiger partial charge in [-0.25, -0.2) is 0 Å². The molecular weight excluding hydrogens is 236 g/mol. The summed E-state index contributed by atoms with van der Waals surface area (Å²) < 4.78 is 0. The zero-order chi connectivity index (χ0) is 13.2. The molecule has 3 heterocycles. The summed E-state index contributed by atoms with van der Waals surface area (Å²) in [6.07, 6.45) is 5.31. The van der Waals surface area contributed by atoms with Gasteiger partial charge in [0.1, 0.15) is 0 Å². The van der Waals surface area contributed by atoms with Crippen LogP contribution in [0.15, 0.2) is 48.9 Å². The molecule has 0 saturated carbocycles. The highest BCUT2D eigenvalue weighted by atomic mass is 14.8. The van der Waals surface area contributed by atoms with Crippen LogP contribution in [-0.4, -0.2) is 15.0 Å². The van der Waals surface area contributed by atoms with Gasteiger partial charge >= 0.3 is 0 Å². The third-order valence-corrected chi connectivity index (χ3v) is 3.02. The van der Waals surface area contributed by atoms with Gasteiger partial charge in [0, 0.05) is 35.6 Å². The molecule has 0 aliphatic carbocycles. The first kappa shape index (κ1) is 11.7. The van der Waals surface area contributed by atoms with E-state index in [1.54, 1.807) is 18.6 Å². The van der Waals surface area contributed by atoms with E-state index in [4.69, 9.17) is 5.73 Å². The third-order valence-electron chi connectivity index (χ3n) is 3.02. The first-order chi connectivity index (χ1) is 9.25. The molecule has 0 bridgehead atoms. The van der Waals surface area contributed by atoms with Crippen molar-refractivity contribution < 1.29 is 0 Å². The van der Waals surface area contributed by atoms with Crippen LogP contribution in [0.3, 0.4) is 0 Å². The first-order valence-corrected chi connectivity index (χ1v) is 6.17. The van der Waals surface area contributed by atoms with Crippen molar-refractivity contribution in [3.8, 4) is 11.3 Å². The summed E-state index contributed by atoms with van der Waals surface area (Å²) >= 11 is 0. The molecule has 0 fully saturated rings. The van der Waals surface area contributed by atoms with Crippen molar-refractivity contribution in [3.05, 3.63) is 54.6 Å². The molecule has 0 aliphatic heterocycles. The van der Waals surface area contributed by atoms with Crippen molar-refractivity contribution >= 4 is 10.9 Å². The van der Waals surface area contributed by atoms with Crippen molar-refractivity contribution in [2.24, 2.45) is 5.73 Å². The number of hydrogen-bond donors (Lipinski definition) is 1. The van der Waals surface area contributed by atoms with Gasteiger partial charge in [0.25, 0.3) is 0 Å². The van der Waals surface area contributed by atoms with E-state index < -0.39 is 0 Å². The molecule has 2 N–H and O–H groups in total. The topological polar surface area (TPSA) is 64.7 Å². The Kier molecular flexibility index (Phi) is 2.93. The molecule has 0 spiro atoms. The van der Waals surface area contributed by atoms with Crippen LogP contribution in [0.1, 0.15) is 18.7 Å². The zero-order valence-corrected chi connectivity index (χ0v) is 10.6. The Bertz CT molecular complexity index is 708. The third kappa shape index (κ3) is 2.18. The number of hydrogen-bond acceptors (Lipinski definition) is 4. The monoisotopic (exact) mass is 250 g/mol. The molecule has 0 aliphatic rings. The molecule has 3 rings (SSSR count). The van der Waals surface area contributed by atoms with Crippen molar-refractivity contribution in [1.29, 1.82) is 0 Å². The Morgan fingerprint density at radius 3 is 2.79 bits per heavy atom. The van der Waals surface area contributed by atoms with E-state index in [0.717, 1.165) is 27.9 Å². The fourth-order valence-electron chi connectivity index (χ4n) is 2.11. The van der Waals surface area contributed by atoms with Crippen molar-refractivity contribution in [3.63, 3.8) is 0 Å². The highest BCUT2D eigenvalue weighted by molar-refractivity contribution is 5.83. The summed E-state index contributed by atoms with van der Waals surface area (Å²) in [6.45, 7) is 1.93. The average molecular weight is 250 g/mol. The average Bonchev–Trinajstić information content (AvgIpc) is 2.46. The Labute approximate surface area is 111 Å². The summed E-state index contributed by atoms with van der Waals surface area (Å²) in [5.74, 6) is 0. The second-order valence-corrected chi connectivity index (χ2v) is 4.49. The van der Waals surface area contributed by atoms with Crippen molar-refractivity contribution in [1.82, 2.24) is 15.0 Å². The fraction of sp³-hybridized carbons (Fsp3) is 0.133. The lowest BCUT2D eigenvalue weighted by Gasteiger charge is -2.12. The maximum atomic E-state index is 6.04. The maximum absolute atomic E-state index is 6.04. The minimum atomic E-state index is -0.144. The second-order valence-electron chi connectivity index (χ2n) is 4.49. The number of nitrogens with two attached hydrogens (primary N) is 1. The number of rotatable bonds is 2. The quantitative estimate of drug-likeness (QED) is 0.759. The van der Waals surface area contributed by atoms with Gasteiger partial charge < -0.3 is 5.73 Å². The molecule has 0 aromatic carbocycles. The molecule has 19 heavy (non-hydrogen) atoms. The van der Waals surface area contributed by atoms with Gasteiger partial charge in [0.05, 0.1) is 16.9 Å². The maximum Gasteiger partial charge on any atom is 0.0737 e. The highest BCUT2D eigenvalue weighted by Crippen LogP contribution is 2.27. The fourth-order valence-corrected chi connectivity index (χ4v) is 2.11. The van der Waals surface area contributed by atoms with E-state index in [9.17, 15) is 0 Å². The molecule has 3 aromatic rings. The predicted octanol–water partition coefficient (Wildman–Crippen LogP) is 2.71. The van der Waals surface area contributed by atoms with E-state index >= 15 is 0 Å². The largest absolute Gasteiger partial charge is 0.323 e. The molecular formula is C15H14N4. The molecule has 94 valence electrons. The predicted molar refractivity (Wildman–Crippen MR) is 75.4 cm³/mol. The summed E-state index contributed by atoms with van der Waals surface area (Å²) in [6, 6.07) is 9.62. The van der Waals surface area contributed by atoms with Crippen LogP contribution in [-0.2, 0) is 0 Å². The minimum absolute atomic E-state index is 0.144. The summed E-state index contributed by atoms with van der Waals surface area (Å²) in [7, 11) is 0. The number of fused-ring (bicyclic) bond motifs is 1. The smallest absolute Gasteiger partial charge is 0.0737 e. The normalized spacial score (nSPS) is 12.5. The van der Waals surface area contributed by atoms with Crippen molar-refractivity contribution in [2.45, 2.75) is 13.0 Å². The van der Waals surface area contributed by atoms with Crippen LogP contribution < -0.4 is 5.73 Å². The summed E-state index contributed by atoms with van der Waals surface area (Å²) in [5.41, 5.74) is 9.65. The van der Waals surface area contributed by atoms with Gasteiger partial charge in [-0.15, -0.1) is 0 Å². The molecule has 0 radical (unpaired) electrons. The van der Waals surface area contributed by atoms with Gasteiger partial charge in [-0.3, -0.25) is 15.0 Å². The number of pyridine rings is 3. The molecule has 1 atom stereocenters. The second kappa shape index (κ2) is 4.74. The van der Waals surface area contributed by atoms with Crippen LogP contribution in [0.25, 0.3) is 22.2 Å². The Morgan fingerprint density at radius 2 is 2.05 bits per heavy atom. The van der Waals surface area contributed by atoms with Crippen molar-refractivity contribution in [2.75, 3.05) is 0 Å². The molecule has 4 heteroatoms. The Balaban J connectivity index is 2.30. The lowest BCUT2D eigenvalue weighted by Crippen LogP contribution is -2.09. The summed E-state index contributed by atoms with van der Waals surface area (Å²) in [4.78, 5) is 13.2. The highest BCUT2D eigenvalue weighted by Gasteiger charge is 2.13. The van der Waals surface area contributed by atoms with E-state index in [1.807, 2.05) is 31.2 Å². The number of aromatic nitrogens is 3. The molecule has 0 unspecified atom stereocenters. The van der Waals surface area contributed by atoms with E-state index in [1.165, 1.54) is 0 Å². The lowest BCUT2D eigenvalue weighted by atomic mass is 10.0. The van der Waals surface area contributed by atoms with E-state index in [-0.39, 0.29) is 6.04 Å². The SMILES string of the molecule is C[C@H](N)c1nc2ccncc2cc1-c1ccccn1. The van der Waals surface area contributed by atoms with E-state index in [0.29, 0.717) is 0 Å². The van der Waals surface area contributed by atoms with Crippen LogP contribution in [0.5, 0.6) is 0 Å². The van der Waals surface area contributed by atoms with Gasteiger partial charge in [0.15, 0.2) is 0 Å². The minimum Gasteiger partial charge on any atom is -0.323 e. The van der Waals surface area contributed by atoms with Crippen LogP contribution in [0.4, 0.5) is 0 Å². The van der Waals surface area contributed by atoms with Crippen LogP contribution in [0, 0.1) is 0 Å². The van der Waals surface area contributed by atoms with Gasteiger partial charge in [-0.1, -0.05) is 6.07 Å². The molecule has 0 amide bonds. The Morgan fingerprint density at radius 1 is 1.16 bits per heavy atom. The molecule has 0 saturated heterocycles. The lowest BCUT2D eigenvalue weighted by molar-refractivity contribution is 0.788. The van der Waals surface area contributed by atoms with Gasteiger partial charge in [0.2, 0.25) is 0 Å². The van der Waals surface area contributed by atoms with E-state index in [2.05, 4.69) is 21.0 Å². The van der Waals surface area contributed by atoms with Crippen LogP contribution in [0.2, 0.25) is 0 Å². The number of nitrogens with zero attached hydrogens (tertiary/aromatic N) is 3. The standard InChI is InChI=1S/C15H14N4/c1-10(16)15-12(14-4-2-3-6-18-14)8-11-9-17-7-5-13(11)19-15/h2-10H,16H2,1H3/t10-/m0/s1. The zero-order valence-electron chi connectivity index (χ0n) is 10.6. The molecule has 4 nitrogen and oxygen atoms in total. The van der Waals surface area contributed by atoms with Gasteiger partial charge in [-0.05, 0) is 31.2 Å².